The molecule has 134 valence electrons. The highest BCUT2D eigenvalue weighted by Gasteiger charge is 2.32. The number of anilines is 1. The van der Waals surface area contributed by atoms with E-state index in [1.807, 2.05) is 30.3 Å². The average molecular weight is 386 g/mol. The number of halogens is 1. The maximum absolute atomic E-state index is 12.3. The molecule has 6 heteroatoms. The summed E-state index contributed by atoms with van der Waals surface area (Å²) in [5.41, 5.74) is 2.33. The van der Waals surface area contributed by atoms with Gasteiger partial charge in [-0.05, 0) is 36.2 Å². The summed E-state index contributed by atoms with van der Waals surface area (Å²) in [5, 5.41) is 1.43. The highest BCUT2D eigenvalue weighted by Crippen LogP contribution is 2.29. The Labute approximate surface area is 162 Å². The molecule has 0 spiro atoms. The van der Waals surface area contributed by atoms with E-state index >= 15 is 0 Å². The van der Waals surface area contributed by atoms with Gasteiger partial charge in [0.05, 0.1) is 5.25 Å². The molecule has 0 radical (unpaired) electrons. The highest BCUT2D eigenvalue weighted by molar-refractivity contribution is 8.15. The fraction of sp³-hybridized carbons (Fsp3) is 0.300. The van der Waals surface area contributed by atoms with Crippen LogP contribution >= 0.6 is 23.4 Å². The molecule has 1 atom stereocenters. The summed E-state index contributed by atoms with van der Waals surface area (Å²) in [6.45, 7) is 3.66. The van der Waals surface area contributed by atoms with Gasteiger partial charge in [-0.1, -0.05) is 53.7 Å². The lowest BCUT2D eigenvalue weighted by molar-refractivity contribution is -0.117. The molecule has 0 aliphatic carbocycles. The molecule has 1 saturated heterocycles. The third-order valence-corrected chi connectivity index (χ3v) is 6.16. The standard InChI is InChI=1S/C20H20ClN3OS/c21-16-6-4-5-15(13-16)14-18-19(25)22-20(26-18)24-11-9-23(10-12-24)17-7-2-1-3-8-17/h1-8,13,18H,9-12,14H2. The van der Waals surface area contributed by atoms with Crippen molar-refractivity contribution in [2.24, 2.45) is 4.99 Å². The molecule has 0 aromatic heterocycles. The second kappa shape index (κ2) is 7.72. The number of aliphatic imine (C=N–C) groups is 1. The van der Waals surface area contributed by atoms with Crippen molar-refractivity contribution >= 4 is 40.1 Å². The second-order valence-electron chi connectivity index (χ2n) is 6.48. The van der Waals surface area contributed by atoms with Crippen LogP contribution in [0.15, 0.2) is 59.6 Å². The third kappa shape index (κ3) is 3.89. The Hall–Kier alpha value is -1.98. The van der Waals surface area contributed by atoms with Crippen molar-refractivity contribution in [2.75, 3.05) is 31.1 Å². The summed E-state index contributed by atoms with van der Waals surface area (Å²) in [4.78, 5) is 21.3. The van der Waals surface area contributed by atoms with Gasteiger partial charge >= 0.3 is 0 Å². The van der Waals surface area contributed by atoms with Crippen molar-refractivity contribution in [3.63, 3.8) is 0 Å². The number of amidine groups is 1. The molecular weight excluding hydrogens is 366 g/mol. The largest absolute Gasteiger partial charge is 0.368 e. The van der Waals surface area contributed by atoms with E-state index in [0.29, 0.717) is 11.4 Å². The van der Waals surface area contributed by atoms with Gasteiger partial charge in [0.25, 0.3) is 5.91 Å². The predicted molar refractivity (Wildman–Crippen MR) is 109 cm³/mol. The third-order valence-electron chi connectivity index (χ3n) is 4.71. The SMILES string of the molecule is O=C1N=C(N2CCN(c3ccccc3)CC2)SC1Cc1cccc(Cl)c1. The molecule has 2 aromatic rings. The molecule has 4 nitrogen and oxygen atoms in total. The summed E-state index contributed by atoms with van der Waals surface area (Å²) in [6.07, 6.45) is 0.668. The lowest BCUT2D eigenvalue weighted by atomic mass is 10.1. The van der Waals surface area contributed by atoms with Gasteiger partial charge in [-0.15, -0.1) is 0 Å². The molecule has 2 aliphatic heterocycles. The number of carbonyl (C=O) groups excluding carboxylic acids is 1. The smallest absolute Gasteiger partial charge is 0.262 e. The van der Waals surface area contributed by atoms with Crippen molar-refractivity contribution in [3.8, 4) is 0 Å². The first kappa shape index (κ1) is 17.4. The van der Waals surface area contributed by atoms with E-state index in [-0.39, 0.29) is 11.2 Å². The molecule has 0 N–H and O–H groups in total. The monoisotopic (exact) mass is 385 g/mol. The number of nitrogens with zero attached hydrogens (tertiary/aromatic N) is 3. The maximum Gasteiger partial charge on any atom is 0.262 e. The van der Waals surface area contributed by atoms with E-state index in [1.54, 1.807) is 11.8 Å². The molecule has 0 saturated carbocycles. The van der Waals surface area contributed by atoms with Crippen LogP contribution in [0.4, 0.5) is 5.69 Å². The van der Waals surface area contributed by atoms with Crippen molar-refractivity contribution in [2.45, 2.75) is 11.7 Å². The van der Waals surface area contributed by atoms with E-state index in [0.717, 1.165) is 36.9 Å². The van der Waals surface area contributed by atoms with Crippen molar-refractivity contribution in [3.05, 3.63) is 65.2 Å². The van der Waals surface area contributed by atoms with Gasteiger partial charge in [0.15, 0.2) is 5.17 Å². The number of rotatable bonds is 3. The average Bonchev–Trinajstić information content (AvgIpc) is 3.03. The molecule has 1 unspecified atom stereocenters. The van der Waals surface area contributed by atoms with Crippen LogP contribution in [0.2, 0.25) is 5.02 Å². The summed E-state index contributed by atoms with van der Waals surface area (Å²) in [6, 6.07) is 18.2. The fourth-order valence-electron chi connectivity index (χ4n) is 3.32. The van der Waals surface area contributed by atoms with Gasteiger partial charge in [0, 0.05) is 36.9 Å². The molecule has 1 fully saturated rings. The molecule has 0 bridgehead atoms. The quantitative estimate of drug-likeness (QED) is 0.807. The summed E-state index contributed by atoms with van der Waals surface area (Å²) < 4.78 is 0. The van der Waals surface area contributed by atoms with Gasteiger partial charge in [0.2, 0.25) is 0 Å². The minimum Gasteiger partial charge on any atom is -0.368 e. The lowest BCUT2D eigenvalue weighted by Gasteiger charge is -2.36. The fourth-order valence-corrected chi connectivity index (χ4v) is 4.69. The zero-order valence-corrected chi connectivity index (χ0v) is 15.9. The van der Waals surface area contributed by atoms with Crippen LogP contribution in [0.1, 0.15) is 5.56 Å². The van der Waals surface area contributed by atoms with Crippen molar-refractivity contribution in [1.29, 1.82) is 0 Å². The molecule has 2 heterocycles. The molecule has 4 rings (SSSR count). The van der Waals surface area contributed by atoms with E-state index in [4.69, 9.17) is 11.6 Å². The zero-order valence-electron chi connectivity index (χ0n) is 14.3. The minimum atomic E-state index is -0.143. The number of carbonyl (C=O) groups is 1. The van der Waals surface area contributed by atoms with E-state index < -0.39 is 0 Å². The Kier molecular flexibility index (Phi) is 5.18. The van der Waals surface area contributed by atoms with Crippen LogP contribution in [0.25, 0.3) is 0 Å². The first-order chi connectivity index (χ1) is 12.7. The molecule has 2 aromatic carbocycles. The topological polar surface area (TPSA) is 35.9 Å². The first-order valence-electron chi connectivity index (χ1n) is 8.77. The van der Waals surface area contributed by atoms with E-state index in [2.05, 4.69) is 39.1 Å². The number of piperazine rings is 1. The molecule has 26 heavy (non-hydrogen) atoms. The molecular formula is C20H20ClN3OS. The number of hydrogen-bond acceptors (Lipinski definition) is 4. The Morgan fingerprint density at radius 2 is 1.73 bits per heavy atom. The van der Waals surface area contributed by atoms with Crippen LogP contribution in [-0.2, 0) is 11.2 Å². The van der Waals surface area contributed by atoms with Crippen LogP contribution in [0, 0.1) is 0 Å². The first-order valence-corrected chi connectivity index (χ1v) is 10.0. The summed E-state index contributed by atoms with van der Waals surface area (Å²) >= 11 is 7.64. The Morgan fingerprint density at radius 3 is 2.46 bits per heavy atom. The Morgan fingerprint density at radius 1 is 1.00 bits per heavy atom. The van der Waals surface area contributed by atoms with Gasteiger partial charge in [-0.2, -0.15) is 4.99 Å². The number of hydrogen-bond donors (Lipinski definition) is 0. The summed E-state index contributed by atoms with van der Waals surface area (Å²) in [5.74, 6) is -0.0320. The normalized spacial score (nSPS) is 20.4. The van der Waals surface area contributed by atoms with Crippen molar-refractivity contribution < 1.29 is 4.79 Å². The van der Waals surface area contributed by atoms with Crippen LogP contribution < -0.4 is 4.90 Å². The van der Waals surface area contributed by atoms with Crippen molar-refractivity contribution in [1.82, 2.24) is 4.90 Å². The van der Waals surface area contributed by atoms with Crippen LogP contribution in [0.5, 0.6) is 0 Å². The lowest BCUT2D eigenvalue weighted by Crippen LogP contribution is -2.47. The van der Waals surface area contributed by atoms with E-state index in [9.17, 15) is 4.79 Å². The number of para-hydroxylation sites is 1. The molecule has 2 aliphatic rings. The Balaban J connectivity index is 1.35. The van der Waals surface area contributed by atoms with E-state index in [1.165, 1.54) is 5.69 Å². The zero-order chi connectivity index (χ0) is 17.9. The number of amides is 1. The van der Waals surface area contributed by atoms with Crippen LogP contribution in [0.3, 0.4) is 0 Å². The van der Waals surface area contributed by atoms with Crippen LogP contribution in [-0.4, -0.2) is 47.4 Å². The second-order valence-corrected chi connectivity index (χ2v) is 8.09. The maximum atomic E-state index is 12.3. The van der Waals surface area contributed by atoms with Gasteiger partial charge in [-0.25, -0.2) is 0 Å². The van der Waals surface area contributed by atoms with Gasteiger partial charge in [-0.3, -0.25) is 4.79 Å². The minimum absolute atomic E-state index is 0.0320. The predicted octanol–water partition coefficient (Wildman–Crippen LogP) is 3.70. The summed E-state index contributed by atoms with van der Waals surface area (Å²) in [7, 11) is 0. The Bertz CT molecular complexity index is 819. The number of benzene rings is 2. The highest BCUT2D eigenvalue weighted by atomic mass is 35.5. The molecule has 1 amide bonds. The van der Waals surface area contributed by atoms with Gasteiger partial charge in [0.1, 0.15) is 0 Å². The van der Waals surface area contributed by atoms with Gasteiger partial charge < -0.3 is 9.80 Å². The number of thioether (sulfide) groups is 1.